The normalized spacial score (nSPS) is 22.1. The first-order chi connectivity index (χ1) is 6.79. The van der Waals surface area contributed by atoms with Gasteiger partial charge >= 0.3 is 0 Å². The van der Waals surface area contributed by atoms with Gasteiger partial charge < -0.3 is 15.4 Å². The lowest BCUT2D eigenvalue weighted by Gasteiger charge is -2.10. The van der Waals surface area contributed by atoms with Gasteiger partial charge in [0.25, 0.3) is 0 Å². The summed E-state index contributed by atoms with van der Waals surface area (Å²) in [5, 5.41) is 6.89. The van der Waals surface area contributed by atoms with Gasteiger partial charge in [-0.2, -0.15) is 0 Å². The Morgan fingerprint density at radius 2 is 2.21 bits per heavy atom. The standard InChI is InChI=1S/C11H24N2O/c1-10(2)13-6-3-5-12-8-11-4-7-14-9-11/h10-13H,3-9H2,1-2H3. The fourth-order valence-corrected chi connectivity index (χ4v) is 1.65. The number of hydrogen-bond donors (Lipinski definition) is 2. The Hall–Kier alpha value is -0.120. The molecule has 1 aliphatic rings. The lowest BCUT2D eigenvalue weighted by molar-refractivity contribution is 0.185. The van der Waals surface area contributed by atoms with E-state index in [0.29, 0.717) is 6.04 Å². The van der Waals surface area contributed by atoms with Crippen LogP contribution >= 0.6 is 0 Å². The minimum atomic E-state index is 0.609. The highest BCUT2D eigenvalue weighted by molar-refractivity contribution is 4.66. The maximum absolute atomic E-state index is 5.31. The van der Waals surface area contributed by atoms with E-state index in [1.807, 2.05) is 0 Å². The van der Waals surface area contributed by atoms with Gasteiger partial charge in [-0.05, 0) is 31.8 Å². The van der Waals surface area contributed by atoms with Gasteiger partial charge in [0.1, 0.15) is 0 Å². The molecule has 1 saturated heterocycles. The fourth-order valence-electron chi connectivity index (χ4n) is 1.65. The number of nitrogens with one attached hydrogen (secondary N) is 2. The maximum atomic E-state index is 5.31. The third kappa shape index (κ3) is 5.58. The van der Waals surface area contributed by atoms with Crippen LogP contribution in [0, 0.1) is 5.92 Å². The highest BCUT2D eigenvalue weighted by atomic mass is 16.5. The highest BCUT2D eigenvalue weighted by Crippen LogP contribution is 2.10. The van der Waals surface area contributed by atoms with E-state index in [9.17, 15) is 0 Å². The summed E-state index contributed by atoms with van der Waals surface area (Å²) in [5.74, 6) is 0.757. The van der Waals surface area contributed by atoms with E-state index >= 15 is 0 Å². The molecule has 1 fully saturated rings. The second-order valence-electron chi connectivity index (χ2n) is 4.40. The van der Waals surface area contributed by atoms with E-state index in [-0.39, 0.29) is 0 Å². The van der Waals surface area contributed by atoms with Gasteiger partial charge in [0.05, 0.1) is 6.61 Å². The zero-order valence-electron chi connectivity index (χ0n) is 9.51. The van der Waals surface area contributed by atoms with Crippen molar-refractivity contribution in [3.63, 3.8) is 0 Å². The molecule has 0 spiro atoms. The molecule has 0 aromatic heterocycles. The van der Waals surface area contributed by atoms with E-state index in [1.54, 1.807) is 0 Å². The van der Waals surface area contributed by atoms with Crippen LogP contribution in [0.5, 0.6) is 0 Å². The van der Waals surface area contributed by atoms with Crippen molar-refractivity contribution in [3.8, 4) is 0 Å². The lowest BCUT2D eigenvalue weighted by Crippen LogP contribution is -2.29. The predicted octanol–water partition coefficient (Wildman–Crippen LogP) is 1.00. The van der Waals surface area contributed by atoms with E-state index in [1.165, 1.54) is 12.8 Å². The van der Waals surface area contributed by atoms with E-state index in [2.05, 4.69) is 24.5 Å². The molecule has 1 heterocycles. The largest absolute Gasteiger partial charge is 0.381 e. The monoisotopic (exact) mass is 200 g/mol. The molecule has 3 heteroatoms. The van der Waals surface area contributed by atoms with Crippen molar-refractivity contribution in [1.29, 1.82) is 0 Å². The Morgan fingerprint density at radius 3 is 2.86 bits per heavy atom. The second kappa shape index (κ2) is 7.21. The Kier molecular flexibility index (Phi) is 6.15. The third-order valence-corrected chi connectivity index (χ3v) is 2.54. The summed E-state index contributed by atoms with van der Waals surface area (Å²) >= 11 is 0. The van der Waals surface area contributed by atoms with Gasteiger partial charge in [-0.1, -0.05) is 13.8 Å². The smallest absolute Gasteiger partial charge is 0.0507 e. The van der Waals surface area contributed by atoms with Crippen molar-refractivity contribution in [3.05, 3.63) is 0 Å². The van der Waals surface area contributed by atoms with Crippen LogP contribution in [0.15, 0.2) is 0 Å². The Morgan fingerprint density at radius 1 is 1.36 bits per heavy atom. The average molecular weight is 200 g/mol. The Labute approximate surface area is 87.6 Å². The molecule has 3 nitrogen and oxygen atoms in total. The fraction of sp³-hybridized carbons (Fsp3) is 1.00. The molecule has 1 unspecified atom stereocenters. The highest BCUT2D eigenvalue weighted by Gasteiger charge is 2.14. The topological polar surface area (TPSA) is 33.3 Å². The first-order valence-corrected chi connectivity index (χ1v) is 5.81. The predicted molar refractivity (Wildman–Crippen MR) is 59.6 cm³/mol. The van der Waals surface area contributed by atoms with Crippen LogP contribution in [0.4, 0.5) is 0 Å². The summed E-state index contributed by atoms with van der Waals surface area (Å²) < 4.78 is 5.31. The summed E-state index contributed by atoms with van der Waals surface area (Å²) in [6.45, 7) is 9.65. The molecule has 0 aromatic carbocycles. The van der Waals surface area contributed by atoms with Crippen molar-refractivity contribution in [1.82, 2.24) is 10.6 Å². The van der Waals surface area contributed by atoms with Crippen LogP contribution < -0.4 is 10.6 Å². The average Bonchev–Trinajstić information content (AvgIpc) is 2.63. The summed E-state index contributed by atoms with van der Waals surface area (Å²) in [6.07, 6.45) is 2.45. The minimum Gasteiger partial charge on any atom is -0.381 e. The molecule has 1 aliphatic heterocycles. The zero-order chi connectivity index (χ0) is 10.2. The minimum absolute atomic E-state index is 0.609. The molecule has 0 radical (unpaired) electrons. The molecule has 0 saturated carbocycles. The number of rotatable bonds is 7. The lowest BCUT2D eigenvalue weighted by atomic mass is 10.1. The second-order valence-corrected chi connectivity index (χ2v) is 4.40. The van der Waals surface area contributed by atoms with Crippen LogP contribution in [0.1, 0.15) is 26.7 Å². The van der Waals surface area contributed by atoms with Gasteiger partial charge in [0, 0.05) is 19.2 Å². The summed E-state index contributed by atoms with van der Waals surface area (Å²) in [5.41, 5.74) is 0. The van der Waals surface area contributed by atoms with Crippen molar-refractivity contribution in [2.75, 3.05) is 32.8 Å². The maximum Gasteiger partial charge on any atom is 0.0507 e. The quantitative estimate of drug-likeness (QED) is 0.602. The van der Waals surface area contributed by atoms with Gasteiger partial charge in [-0.25, -0.2) is 0 Å². The van der Waals surface area contributed by atoms with Gasteiger partial charge in [-0.15, -0.1) is 0 Å². The Bertz CT molecular complexity index is 133. The summed E-state index contributed by atoms with van der Waals surface area (Å²) in [7, 11) is 0. The molecular formula is C11H24N2O. The van der Waals surface area contributed by atoms with Gasteiger partial charge in [0.2, 0.25) is 0 Å². The third-order valence-electron chi connectivity index (χ3n) is 2.54. The molecule has 0 amide bonds. The van der Waals surface area contributed by atoms with E-state index in [0.717, 1.165) is 38.8 Å². The first kappa shape index (κ1) is 12.0. The molecular weight excluding hydrogens is 176 g/mol. The van der Waals surface area contributed by atoms with Crippen LogP contribution in [-0.2, 0) is 4.74 Å². The molecule has 14 heavy (non-hydrogen) atoms. The first-order valence-electron chi connectivity index (χ1n) is 5.81. The zero-order valence-corrected chi connectivity index (χ0v) is 9.51. The molecule has 2 N–H and O–H groups in total. The van der Waals surface area contributed by atoms with Crippen molar-refractivity contribution in [2.45, 2.75) is 32.7 Å². The van der Waals surface area contributed by atoms with E-state index < -0.39 is 0 Å². The SMILES string of the molecule is CC(C)NCCCNCC1CCOC1. The van der Waals surface area contributed by atoms with Crippen molar-refractivity contribution in [2.24, 2.45) is 5.92 Å². The molecule has 1 rings (SSSR count). The Balaban J connectivity index is 1.79. The summed E-state index contributed by atoms with van der Waals surface area (Å²) in [6, 6.07) is 0.609. The van der Waals surface area contributed by atoms with Crippen LogP contribution in [-0.4, -0.2) is 38.9 Å². The summed E-state index contributed by atoms with van der Waals surface area (Å²) in [4.78, 5) is 0. The molecule has 84 valence electrons. The van der Waals surface area contributed by atoms with Crippen LogP contribution in [0.25, 0.3) is 0 Å². The van der Waals surface area contributed by atoms with Gasteiger partial charge in [-0.3, -0.25) is 0 Å². The van der Waals surface area contributed by atoms with Crippen molar-refractivity contribution < 1.29 is 4.74 Å². The molecule has 0 aliphatic carbocycles. The molecule has 0 bridgehead atoms. The van der Waals surface area contributed by atoms with Crippen LogP contribution in [0.2, 0.25) is 0 Å². The molecule has 1 atom stereocenters. The number of ether oxygens (including phenoxy) is 1. The molecule has 0 aromatic rings. The van der Waals surface area contributed by atoms with Crippen LogP contribution in [0.3, 0.4) is 0 Å². The van der Waals surface area contributed by atoms with E-state index in [4.69, 9.17) is 4.74 Å². The number of hydrogen-bond acceptors (Lipinski definition) is 3. The van der Waals surface area contributed by atoms with Crippen molar-refractivity contribution >= 4 is 0 Å². The van der Waals surface area contributed by atoms with Gasteiger partial charge in [0.15, 0.2) is 0 Å².